The van der Waals surface area contributed by atoms with Crippen molar-refractivity contribution in [1.29, 1.82) is 0 Å². The number of hydrogen-bond acceptors (Lipinski definition) is 8. The normalized spacial score (nSPS) is 17.6. The molecule has 12 heteroatoms. The number of hydrogen-bond donors (Lipinski definition) is 3. The molecule has 0 fully saturated rings. The number of aromatic nitrogens is 2. The van der Waals surface area contributed by atoms with E-state index in [1.165, 1.54) is 11.1 Å². The molecule has 2 aromatic carbocycles. The second-order valence-corrected chi connectivity index (χ2v) is 8.68. The van der Waals surface area contributed by atoms with Gasteiger partial charge in [-0.2, -0.15) is 18.3 Å². The maximum absolute atomic E-state index is 13.7. The van der Waals surface area contributed by atoms with Crippen molar-refractivity contribution in [2.75, 3.05) is 18.5 Å². The Kier molecular flexibility index (Phi) is 5.89. The van der Waals surface area contributed by atoms with E-state index >= 15 is 0 Å². The zero-order valence-electron chi connectivity index (χ0n) is 19.3. The third-order valence-corrected chi connectivity index (χ3v) is 6.43. The molecule has 2 aliphatic rings. The van der Waals surface area contributed by atoms with Crippen LogP contribution in [0.5, 0.6) is 5.75 Å². The molecule has 0 bridgehead atoms. The molecule has 2 atom stereocenters. The van der Waals surface area contributed by atoms with Crippen LogP contribution in [0, 0.1) is 6.92 Å². The minimum atomic E-state index is -4.68. The number of alkyl halides is 3. The second-order valence-electron chi connectivity index (χ2n) is 8.68. The van der Waals surface area contributed by atoms with Crippen molar-refractivity contribution in [1.82, 2.24) is 15.1 Å². The highest BCUT2D eigenvalue weighted by molar-refractivity contribution is 5.93. The molecule has 3 heterocycles. The molecule has 5 rings (SSSR count). The summed E-state index contributed by atoms with van der Waals surface area (Å²) in [6.45, 7) is 1.69. The summed E-state index contributed by atoms with van der Waals surface area (Å²) in [5.74, 6) is -0.00622. The molecule has 3 aromatic rings. The fraction of sp³-hybridized carbons (Fsp3) is 0.333. The number of nitrogens with zero attached hydrogens (tertiary/aromatic N) is 3. The van der Waals surface area contributed by atoms with Gasteiger partial charge in [-0.3, -0.25) is 0 Å². The van der Waals surface area contributed by atoms with Gasteiger partial charge in [0.05, 0.1) is 23.0 Å². The summed E-state index contributed by atoms with van der Waals surface area (Å²) in [5.41, 5.74) is 2.19. The predicted molar refractivity (Wildman–Crippen MR) is 121 cm³/mol. The summed E-state index contributed by atoms with van der Waals surface area (Å²) in [7, 11) is 1.60. The highest BCUT2D eigenvalue weighted by atomic mass is 19.4. The molecule has 3 N–H and O–H groups in total. The lowest BCUT2D eigenvalue weighted by Crippen LogP contribution is -2.30. The summed E-state index contributed by atoms with van der Waals surface area (Å²) in [5, 5.41) is 27.1. The van der Waals surface area contributed by atoms with E-state index < -0.39 is 30.4 Å². The highest BCUT2D eigenvalue weighted by Gasteiger charge is 2.37. The van der Waals surface area contributed by atoms with E-state index in [9.17, 15) is 28.2 Å². The van der Waals surface area contributed by atoms with E-state index in [-0.39, 0.29) is 25.3 Å². The van der Waals surface area contributed by atoms with Gasteiger partial charge >= 0.3 is 12.1 Å². The van der Waals surface area contributed by atoms with Crippen LogP contribution in [0.4, 0.5) is 18.9 Å². The first-order valence-corrected chi connectivity index (χ1v) is 11.1. The number of carbonyl (C=O) groups excluding carboxylic acids is 1. The Bertz CT molecular complexity index is 1340. The van der Waals surface area contributed by atoms with Gasteiger partial charge in [0.1, 0.15) is 12.4 Å². The molecule has 9 nitrogen and oxygen atoms in total. The molecule has 1 aromatic heterocycles. The zero-order valence-corrected chi connectivity index (χ0v) is 19.3. The van der Waals surface area contributed by atoms with Crippen LogP contribution in [0.2, 0.25) is 0 Å². The average molecular weight is 504 g/mol. The molecule has 2 aliphatic heterocycles. The van der Waals surface area contributed by atoms with Gasteiger partial charge < -0.3 is 29.9 Å². The van der Waals surface area contributed by atoms with Crippen LogP contribution < -0.4 is 15.0 Å². The molecule has 0 saturated carbocycles. The Morgan fingerprint density at radius 2 is 2.06 bits per heavy atom. The number of fused-ring (bicyclic) bond motifs is 2. The van der Waals surface area contributed by atoms with Crippen molar-refractivity contribution in [3.63, 3.8) is 0 Å². The SMILES string of the molecule is Cc1c([C@@H](O)CNCc2cn(-c3ccc4c(c3)N(C)C(O)O4)nc2C(F)(F)F)ccc2c1COC2=O. The lowest BCUT2D eigenvalue weighted by Gasteiger charge is -2.16. The minimum Gasteiger partial charge on any atom is -0.457 e. The van der Waals surface area contributed by atoms with E-state index in [0.717, 1.165) is 4.68 Å². The van der Waals surface area contributed by atoms with Gasteiger partial charge in [0.2, 0.25) is 0 Å². The number of benzene rings is 2. The molecule has 0 radical (unpaired) electrons. The van der Waals surface area contributed by atoms with Crippen LogP contribution in [0.1, 0.15) is 44.4 Å². The van der Waals surface area contributed by atoms with Crippen molar-refractivity contribution >= 4 is 11.7 Å². The summed E-state index contributed by atoms with van der Waals surface area (Å²) in [6.07, 6.45) is -5.59. The Morgan fingerprint density at radius 3 is 2.81 bits per heavy atom. The fourth-order valence-electron chi connectivity index (χ4n) is 4.43. The number of cyclic esters (lactones) is 1. The van der Waals surface area contributed by atoms with E-state index in [1.807, 2.05) is 0 Å². The maximum Gasteiger partial charge on any atom is 0.435 e. The average Bonchev–Trinajstić information content (AvgIpc) is 3.50. The summed E-state index contributed by atoms with van der Waals surface area (Å²) in [6, 6.07) is 7.88. The molecule has 1 unspecified atom stereocenters. The number of nitrogens with one attached hydrogen (secondary N) is 1. The van der Waals surface area contributed by atoms with Gasteiger partial charge in [-0.15, -0.1) is 0 Å². The topological polar surface area (TPSA) is 109 Å². The Hall–Kier alpha value is -3.61. The molecular weight excluding hydrogens is 481 g/mol. The number of anilines is 1. The fourth-order valence-corrected chi connectivity index (χ4v) is 4.43. The first-order chi connectivity index (χ1) is 17.0. The van der Waals surface area contributed by atoms with Crippen LogP contribution in [-0.2, 0) is 24.1 Å². The first kappa shape index (κ1) is 24.1. The van der Waals surface area contributed by atoms with Gasteiger partial charge in [-0.05, 0) is 42.3 Å². The monoisotopic (exact) mass is 504 g/mol. The summed E-state index contributed by atoms with van der Waals surface area (Å²) in [4.78, 5) is 13.2. The number of aliphatic hydroxyl groups is 2. The van der Waals surface area contributed by atoms with Gasteiger partial charge in [0, 0.05) is 37.5 Å². The lowest BCUT2D eigenvalue weighted by atomic mass is 9.95. The molecule has 36 heavy (non-hydrogen) atoms. The van der Waals surface area contributed by atoms with Crippen molar-refractivity contribution in [3.05, 3.63) is 70.0 Å². The van der Waals surface area contributed by atoms with Gasteiger partial charge in [0.15, 0.2) is 5.69 Å². The number of rotatable bonds is 6. The van der Waals surface area contributed by atoms with Gasteiger partial charge in [-0.25, -0.2) is 9.48 Å². The van der Waals surface area contributed by atoms with Crippen LogP contribution in [0.15, 0.2) is 36.5 Å². The van der Waals surface area contributed by atoms with Crippen molar-refractivity contribution in [2.24, 2.45) is 0 Å². The van der Waals surface area contributed by atoms with E-state index in [2.05, 4.69) is 10.4 Å². The second kappa shape index (κ2) is 8.80. The largest absolute Gasteiger partial charge is 0.457 e. The number of aliphatic hydroxyl groups excluding tert-OH is 2. The molecule has 0 saturated heterocycles. The predicted octanol–water partition coefficient (Wildman–Crippen LogP) is 2.80. The molecule has 0 amide bonds. The molecular formula is C24H23F3N4O5. The van der Waals surface area contributed by atoms with Crippen LogP contribution >= 0.6 is 0 Å². The quantitative estimate of drug-likeness (QED) is 0.440. The van der Waals surface area contributed by atoms with E-state index in [1.54, 1.807) is 44.3 Å². The molecule has 0 spiro atoms. The van der Waals surface area contributed by atoms with Gasteiger partial charge in [0.25, 0.3) is 6.41 Å². The third-order valence-electron chi connectivity index (χ3n) is 6.43. The van der Waals surface area contributed by atoms with Crippen LogP contribution in [-0.4, -0.2) is 46.0 Å². The van der Waals surface area contributed by atoms with E-state index in [4.69, 9.17) is 9.47 Å². The zero-order chi connectivity index (χ0) is 25.8. The van der Waals surface area contributed by atoms with Crippen LogP contribution in [0.3, 0.4) is 0 Å². The Labute approximate surface area is 203 Å². The summed E-state index contributed by atoms with van der Waals surface area (Å²) >= 11 is 0. The highest BCUT2D eigenvalue weighted by Crippen LogP contribution is 2.38. The van der Waals surface area contributed by atoms with Crippen molar-refractivity contribution in [2.45, 2.75) is 38.8 Å². The first-order valence-electron chi connectivity index (χ1n) is 11.1. The number of esters is 1. The minimum absolute atomic E-state index is 0.0181. The summed E-state index contributed by atoms with van der Waals surface area (Å²) < 4.78 is 52.6. The van der Waals surface area contributed by atoms with E-state index in [0.29, 0.717) is 39.4 Å². The number of carbonyl (C=O) groups is 1. The van der Waals surface area contributed by atoms with Crippen molar-refractivity contribution < 1.29 is 37.7 Å². The van der Waals surface area contributed by atoms with Crippen molar-refractivity contribution in [3.8, 4) is 11.4 Å². The standard InChI is InChI=1S/C24H23F3N4O5/c1-12-15(4-5-16-17(12)11-35-22(16)33)19(32)9-28-8-13-10-31(29-21(13)24(25,26)27)14-3-6-20-18(7-14)30(2)23(34)36-20/h3-7,10,19,23,28,32,34H,8-9,11H2,1-2H3/t19-,23?/m0/s1. The lowest BCUT2D eigenvalue weighted by molar-refractivity contribution is -0.142. The molecule has 0 aliphatic carbocycles. The maximum atomic E-state index is 13.7. The van der Waals surface area contributed by atoms with Crippen LogP contribution in [0.25, 0.3) is 5.69 Å². The van der Waals surface area contributed by atoms with Gasteiger partial charge in [-0.1, -0.05) is 6.07 Å². The number of halogens is 3. The Balaban J connectivity index is 1.33. The third kappa shape index (κ3) is 4.16. The Morgan fingerprint density at radius 1 is 1.28 bits per heavy atom. The smallest absolute Gasteiger partial charge is 0.435 e. The molecule has 190 valence electrons. The number of ether oxygens (including phenoxy) is 2.